The highest BCUT2D eigenvalue weighted by Gasteiger charge is 2.46. The average molecular weight is 1040 g/mol. The Balaban J connectivity index is 1.86. The molecule has 21 heteroatoms. The van der Waals surface area contributed by atoms with E-state index >= 15 is 0 Å². The number of phosphoric ester groups is 2. The number of allylic oxidation sites excluding steroid dienone is 11. The molecule has 7 N–H and O–H groups in total. The first kappa shape index (κ1) is 63.3. The lowest BCUT2D eigenvalue weighted by Crippen LogP contribution is -2.36. The Kier molecular flexibility index (Phi) is 33.7. The topological polar surface area (TPSA) is 286 Å². The summed E-state index contributed by atoms with van der Waals surface area (Å²) in [5.74, 6) is -1.59. The summed E-state index contributed by atoms with van der Waals surface area (Å²) < 4.78 is 56.5. The van der Waals surface area contributed by atoms with Gasteiger partial charge in [0.1, 0.15) is 30.7 Å². The molecular formula is C50H81N3O16P2. The van der Waals surface area contributed by atoms with Crippen LogP contribution in [-0.2, 0) is 46.3 Å². The largest absolute Gasteiger partial charge is 0.481 e. The van der Waals surface area contributed by atoms with Crippen LogP contribution in [0.1, 0.15) is 155 Å². The van der Waals surface area contributed by atoms with Gasteiger partial charge in [0.25, 0.3) is 0 Å². The fourth-order valence-electron chi connectivity index (χ4n) is 7.01. The maximum atomic E-state index is 12.8. The zero-order chi connectivity index (χ0) is 52.2. The van der Waals surface area contributed by atoms with E-state index in [-0.39, 0.29) is 25.1 Å². The number of hydrogen-bond donors (Lipinski definition) is 6. The second-order valence-corrected chi connectivity index (χ2v) is 20.2. The number of nitrogen functional groups attached to an aromatic ring is 1. The normalized spacial score (nSPS) is 20.2. The third kappa shape index (κ3) is 30.7. The first-order valence-corrected chi connectivity index (χ1v) is 28.0. The van der Waals surface area contributed by atoms with Crippen LogP contribution in [0.2, 0.25) is 0 Å². The van der Waals surface area contributed by atoms with E-state index in [0.29, 0.717) is 12.8 Å². The molecule has 0 spiro atoms. The van der Waals surface area contributed by atoms with Crippen molar-refractivity contribution in [2.45, 2.75) is 185 Å². The summed E-state index contributed by atoms with van der Waals surface area (Å²) in [6.07, 6.45) is 34.6. The van der Waals surface area contributed by atoms with E-state index in [1.807, 2.05) is 12.2 Å². The van der Waals surface area contributed by atoms with Gasteiger partial charge in [0.05, 0.1) is 19.3 Å². The van der Waals surface area contributed by atoms with Crippen molar-refractivity contribution in [3.05, 3.63) is 95.7 Å². The number of rotatable bonds is 40. The molecule has 1 aromatic rings. The fraction of sp³-hybridized carbons (Fsp3) is 0.640. The molecule has 1 saturated heterocycles. The predicted molar refractivity (Wildman–Crippen MR) is 271 cm³/mol. The molecule has 402 valence electrons. The molecule has 0 aliphatic carbocycles. The van der Waals surface area contributed by atoms with Crippen molar-refractivity contribution >= 4 is 33.4 Å². The molecular weight excluding hydrogens is 961 g/mol. The third-order valence-electron chi connectivity index (χ3n) is 10.9. The molecule has 0 radical (unpaired) electrons. The predicted octanol–water partition coefficient (Wildman–Crippen LogP) is 9.08. The van der Waals surface area contributed by atoms with Gasteiger partial charge < -0.3 is 45.1 Å². The first-order valence-electron chi connectivity index (χ1n) is 25.1. The molecule has 2 rings (SSSR count). The average Bonchev–Trinajstić information content (AvgIpc) is 3.60. The number of phosphoric acid groups is 2. The van der Waals surface area contributed by atoms with Crippen LogP contribution in [-0.4, -0.2) is 96.9 Å². The van der Waals surface area contributed by atoms with Gasteiger partial charge in [0.2, 0.25) is 0 Å². The van der Waals surface area contributed by atoms with Crippen LogP contribution in [0.5, 0.6) is 0 Å². The Morgan fingerprint density at radius 2 is 1.30 bits per heavy atom. The van der Waals surface area contributed by atoms with E-state index in [9.17, 15) is 48.6 Å². The second-order valence-electron chi connectivity index (χ2n) is 17.1. The van der Waals surface area contributed by atoms with Crippen LogP contribution >= 0.6 is 15.6 Å². The lowest BCUT2D eigenvalue weighted by Gasteiger charge is -2.21. The third-order valence-corrected chi connectivity index (χ3v) is 13.5. The molecule has 1 aliphatic rings. The lowest BCUT2D eigenvalue weighted by molar-refractivity contribution is -0.161. The Morgan fingerprint density at radius 1 is 0.746 bits per heavy atom. The summed E-state index contributed by atoms with van der Waals surface area (Å²) >= 11 is 0. The Hall–Kier alpha value is -3.84. The molecule has 0 aromatic carbocycles. The highest BCUT2D eigenvalue weighted by molar-refractivity contribution is 7.61. The minimum atomic E-state index is -5.47. The summed E-state index contributed by atoms with van der Waals surface area (Å²) in [6, 6.07) is 1.23. The number of ether oxygens (including phenoxy) is 3. The number of nitrogens with zero attached hydrogens (tertiary/aromatic N) is 2. The van der Waals surface area contributed by atoms with Crippen molar-refractivity contribution in [3.8, 4) is 0 Å². The maximum absolute atomic E-state index is 12.8. The zero-order valence-electron chi connectivity index (χ0n) is 41.6. The number of nitrogens with two attached hydrogens (primary N) is 1. The van der Waals surface area contributed by atoms with Gasteiger partial charge in [-0.2, -0.15) is 9.29 Å². The van der Waals surface area contributed by atoms with Crippen molar-refractivity contribution in [2.75, 3.05) is 25.6 Å². The number of aliphatic hydroxyl groups excluding tert-OH is 3. The molecule has 1 aliphatic heterocycles. The highest BCUT2D eigenvalue weighted by Crippen LogP contribution is 2.60. The SMILES string of the molecule is CC/C=C\C/C=C\C/C=C\C/C=C\C/C=C\C=C/C(O)CCC(=O)OC[C@H](COP(=O)(O)OP(=O)(O)OC[C@H]1O[C@@H](n2ccc(N)nc2=O)[C@H](O)[C@@H]1O)OC(=O)CCCCCCCCCCCCCCC. The summed E-state index contributed by atoms with van der Waals surface area (Å²) in [6.45, 7) is 1.79. The Labute approximate surface area is 419 Å². The number of carbonyl (C=O) groups is 2. The molecule has 8 atom stereocenters. The van der Waals surface area contributed by atoms with Crippen molar-refractivity contribution in [1.29, 1.82) is 0 Å². The van der Waals surface area contributed by atoms with Crippen LogP contribution in [0, 0.1) is 0 Å². The molecule has 1 aromatic heterocycles. The quantitative estimate of drug-likeness (QED) is 0.0117. The number of aromatic nitrogens is 2. The highest BCUT2D eigenvalue weighted by atomic mass is 31.3. The number of anilines is 1. The van der Waals surface area contributed by atoms with Crippen LogP contribution in [0.4, 0.5) is 5.82 Å². The minimum Gasteiger partial charge on any atom is -0.462 e. The van der Waals surface area contributed by atoms with Crippen molar-refractivity contribution < 1.29 is 71.4 Å². The molecule has 0 bridgehead atoms. The van der Waals surface area contributed by atoms with Gasteiger partial charge >= 0.3 is 33.3 Å². The molecule has 0 saturated carbocycles. The monoisotopic (exact) mass is 1040 g/mol. The van der Waals surface area contributed by atoms with Gasteiger partial charge in [-0.15, -0.1) is 0 Å². The summed E-state index contributed by atoms with van der Waals surface area (Å²) in [7, 11) is -10.9. The minimum absolute atomic E-state index is 0.000288. The number of unbranched alkanes of at least 4 members (excludes halogenated alkanes) is 12. The van der Waals surface area contributed by atoms with Crippen LogP contribution in [0.25, 0.3) is 0 Å². The molecule has 71 heavy (non-hydrogen) atoms. The van der Waals surface area contributed by atoms with E-state index in [1.54, 1.807) is 12.2 Å². The van der Waals surface area contributed by atoms with E-state index in [4.69, 9.17) is 29.0 Å². The van der Waals surface area contributed by atoms with Gasteiger partial charge in [-0.25, -0.2) is 13.9 Å². The van der Waals surface area contributed by atoms with E-state index in [2.05, 4.69) is 65.7 Å². The summed E-state index contributed by atoms with van der Waals surface area (Å²) in [4.78, 5) is 61.9. The van der Waals surface area contributed by atoms with E-state index in [0.717, 1.165) is 62.1 Å². The van der Waals surface area contributed by atoms with Gasteiger partial charge in [-0.3, -0.25) is 23.2 Å². The second kappa shape index (κ2) is 37.8. The smallest absolute Gasteiger partial charge is 0.462 e. The van der Waals surface area contributed by atoms with Gasteiger partial charge in [0, 0.05) is 19.0 Å². The molecule has 19 nitrogen and oxygen atoms in total. The number of carbonyl (C=O) groups excluding carboxylic acids is 2. The standard InChI is InChI=1S/C50H81N3O16P2/c1-3-5-7-9-11-13-15-17-18-19-21-22-24-26-28-30-32-41(54)34-35-45(55)64-38-42(67-46(56)33-31-29-27-25-23-20-16-14-12-10-8-6-4-2)39-65-70(60,61)69-71(62,63)66-40-43-47(57)48(58)49(68-43)53-37-36-44(51)52-50(53)59/h5,7,11,13,17-18,21-22,26,28,30,32,36-37,41-43,47-49,54,57-58H,3-4,6,8-10,12,14-16,19-20,23-25,27,29,31,33-35,38-40H2,1-2H3,(H,60,61)(H,62,63)(H2,51,52,59)/b7-5-,13-11-,18-17-,22-21-,28-26-,32-30-/t41?,42-,43-,47-,48-,49-/m1/s1. The number of esters is 2. The zero-order valence-corrected chi connectivity index (χ0v) is 43.4. The van der Waals surface area contributed by atoms with Gasteiger partial charge in [-0.1, -0.05) is 164 Å². The van der Waals surface area contributed by atoms with Crippen LogP contribution < -0.4 is 11.4 Å². The molecule has 0 amide bonds. The summed E-state index contributed by atoms with van der Waals surface area (Å²) in [5.41, 5.74) is 4.57. The fourth-order valence-corrected chi connectivity index (χ4v) is 9.12. The van der Waals surface area contributed by atoms with Gasteiger partial charge in [-0.05, 0) is 51.0 Å². The van der Waals surface area contributed by atoms with Crippen molar-refractivity contribution in [1.82, 2.24) is 9.55 Å². The molecule has 3 unspecified atom stereocenters. The molecule has 2 heterocycles. The Bertz CT molecular complexity index is 1990. The summed E-state index contributed by atoms with van der Waals surface area (Å²) in [5, 5.41) is 31.3. The van der Waals surface area contributed by atoms with Crippen LogP contribution in [0.3, 0.4) is 0 Å². The van der Waals surface area contributed by atoms with Gasteiger partial charge in [0.15, 0.2) is 12.3 Å². The molecule has 1 fully saturated rings. The van der Waals surface area contributed by atoms with Crippen molar-refractivity contribution in [3.63, 3.8) is 0 Å². The lowest BCUT2D eigenvalue weighted by atomic mass is 10.0. The number of hydrogen-bond acceptors (Lipinski definition) is 16. The van der Waals surface area contributed by atoms with Crippen molar-refractivity contribution in [2.24, 2.45) is 0 Å². The van der Waals surface area contributed by atoms with E-state index in [1.165, 1.54) is 63.5 Å². The Morgan fingerprint density at radius 3 is 1.87 bits per heavy atom. The van der Waals surface area contributed by atoms with E-state index < -0.39 is 89.8 Å². The maximum Gasteiger partial charge on any atom is 0.481 e. The first-order chi connectivity index (χ1) is 34.1. The number of aliphatic hydroxyl groups is 3. The van der Waals surface area contributed by atoms with Crippen LogP contribution in [0.15, 0.2) is 90.0 Å².